The Morgan fingerprint density at radius 2 is 1.87 bits per heavy atom. The van der Waals surface area contributed by atoms with Crippen LogP contribution in [0.3, 0.4) is 0 Å². The van der Waals surface area contributed by atoms with E-state index in [9.17, 15) is 9.90 Å². The first-order valence-electron chi connectivity index (χ1n) is 4.91. The predicted octanol–water partition coefficient (Wildman–Crippen LogP) is 3.17. The highest BCUT2D eigenvalue weighted by Crippen LogP contribution is 2.27. The van der Waals surface area contributed by atoms with Gasteiger partial charge in [-0.05, 0) is 27.7 Å². The fourth-order valence-electron chi connectivity index (χ4n) is 0.512. The summed E-state index contributed by atoms with van der Waals surface area (Å²) in [5.74, 6) is 0. The molecule has 0 spiro atoms. The van der Waals surface area contributed by atoms with Crippen molar-refractivity contribution in [3.8, 4) is 0 Å². The van der Waals surface area contributed by atoms with Crippen molar-refractivity contribution in [2.24, 2.45) is 0 Å². The molecule has 1 atom stereocenters. The van der Waals surface area contributed by atoms with Crippen LogP contribution in [0.5, 0.6) is 0 Å². The van der Waals surface area contributed by atoms with Gasteiger partial charge in [0.2, 0.25) is 0 Å². The van der Waals surface area contributed by atoms with Crippen LogP contribution in [0.1, 0.15) is 34.6 Å². The van der Waals surface area contributed by atoms with E-state index in [1.54, 1.807) is 26.0 Å². The minimum absolute atomic E-state index is 0.0221. The van der Waals surface area contributed by atoms with Crippen LogP contribution in [0.25, 0.3) is 0 Å². The normalized spacial score (nSPS) is 13.6. The number of allylic oxidation sites excluding steroid dienone is 3. The van der Waals surface area contributed by atoms with Crippen molar-refractivity contribution < 1.29 is 9.90 Å². The molecule has 0 fully saturated rings. The van der Waals surface area contributed by atoms with E-state index in [1.807, 2.05) is 20.8 Å². The van der Waals surface area contributed by atoms with E-state index in [1.165, 1.54) is 11.8 Å². The van der Waals surface area contributed by atoms with E-state index >= 15 is 0 Å². The van der Waals surface area contributed by atoms with E-state index in [2.05, 4.69) is 6.58 Å². The number of carbonyl (C=O) groups excluding carboxylic acids is 1. The van der Waals surface area contributed by atoms with Crippen LogP contribution < -0.4 is 0 Å². The molecule has 0 aliphatic rings. The number of carbonyl (C=O) groups is 1. The predicted molar refractivity (Wildman–Crippen MR) is 69.0 cm³/mol. The maximum atomic E-state index is 10.4. The molecule has 0 aromatic carbocycles. The van der Waals surface area contributed by atoms with Crippen LogP contribution in [-0.2, 0) is 4.79 Å². The Hall–Kier alpha value is -0.540. The third kappa shape index (κ3) is 9.76. The van der Waals surface area contributed by atoms with Crippen molar-refractivity contribution in [2.45, 2.75) is 45.5 Å². The molecule has 0 aromatic heterocycles. The van der Waals surface area contributed by atoms with Crippen LogP contribution in [0.2, 0.25) is 0 Å². The lowest BCUT2D eigenvalue weighted by Crippen LogP contribution is -2.30. The third-order valence-corrected chi connectivity index (χ3v) is 3.24. The first kappa shape index (κ1) is 16.9. The lowest BCUT2D eigenvalue weighted by atomic mass is 10.1. The average molecular weight is 230 g/mol. The first-order chi connectivity index (χ1) is 6.83. The summed E-state index contributed by atoms with van der Waals surface area (Å²) in [5, 5.41) is 9.58. The Morgan fingerprint density at radius 1 is 1.47 bits per heavy atom. The Morgan fingerprint density at radius 3 is 2.07 bits per heavy atom. The SMILES string of the molecule is C/C=C(/C=O)SC(C)C(C)(C)O.C=CC. The Balaban J connectivity index is 0. The highest BCUT2D eigenvalue weighted by Gasteiger charge is 2.23. The maximum absolute atomic E-state index is 10.4. The molecule has 1 N–H and O–H groups in total. The van der Waals surface area contributed by atoms with Gasteiger partial charge in [0, 0.05) is 10.2 Å². The summed E-state index contributed by atoms with van der Waals surface area (Å²) in [6.07, 6.45) is 4.31. The second kappa shape index (κ2) is 8.74. The Kier molecular flexibility index (Phi) is 9.84. The van der Waals surface area contributed by atoms with Gasteiger partial charge in [0.15, 0.2) is 6.29 Å². The van der Waals surface area contributed by atoms with Crippen LogP contribution in [0, 0.1) is 0 Å². The minimum atomic E-state index is -0.748. The molecule has 0 heterocycles. The van der Waals surface area contributed by atoms with Gasteiger partial charge in [-0.2, -0.15) is 0 Å². The monoisotopic (exact) mass is 230 g/mol. The maximum Gasteiger partial charge on any atom is 0.156 e. The molecular weight excluding hydrogens is 208 g/mol. The molecule has 0 radical (unpaired) electrons. The van der Waals surface area contributed by atoms with Gasteiger partial charge >= 0.3 is 0 Å². The smallest absolute Gasteiger partial charge is 0.156 e. The van der Waals surface area contributed by atoms with Crippen molar-refractivity contribution in [3.05, 3.63) is 23.6 Å². The summed E-state index contributed by atoms with van der Waals surface area (Å²) in [5.41, 5.74) is -0.748. The number of hydrogen-bond acceptors (Lipinski definition) is 3. The third-order valence-electron chi connectivity index (χ3n) is 1.71. The first-order valence-corrected chi connectivity index (χ1v) is 5.79. The van der Waals surface area contributed by atoms with Gasteiger partial charge in [0.25, 0.3) is 0 Å². The molecular formula is C12H22O2S. The Bertz CT molecular complexity index is 214. The number of aliphatic hydroxyl groups is 1. The number of thioether (sulfide) groups is 1. The highest BCUT2D eigenvalue weighted by molar-refractivity contribution is 8.04. The zero-order valence-electron chi connectivity index (χ0n) is 10.3. The van der Waals surface area contributed by atoms with Crippen LogP contribution in [0.15, 0.2) is 23.6 Å². The van der Waals surface area contributed by atoms with Gasteiger partial charge in [0.05, 0.1) is 5.60 Å². The fraction of sp³-hybridized carbons (Fsp3) is 0.583. The van der Waals surface area contributed by atoms with Crippen molar-refractivity contribution in [1.29, 1.82) is 0 Å². The van der Waals surface area contributed by atoms with Crippen molar-refractivity contribution in [2.75, 3.05) is 0 Å². The summed E-state index contributed by atoms with van der Waals surface area (Å²) < 4.78 is 0. The van der Waals surface area contributed by atoms with E-state index in [0.29, 0.717) is 4.91 Å². The lowest BCUT2D eigenvalue weighted by Gasteiger charge is -2.24. The zero-order valence-corrected chi connectivity index (χ0v) is 11.1. The molecule has 0 aromatic rings. The molecule has 0 rings (SSSR count). The standard InChI is InChI=1S/C9H16O2S.C3H6/c1-5-8(6-10)12-7(2)9(3,4)11;1-3-2/h5-7,11H,1-4H3;3H,1H2,2H3/b8-5-;. The van der Waals surface area contributed by atoms with Gasteiger partial charge in [-0.3, -0.25) is 4.79 Å². The molecule has 0 saturated heterocycles. The van der Waals surface area contributed by atoms with Crippen LogP contribution in [-0.4, -0.2) is 22.2 Å². The summed E-state index contributed by atoms with van der Waals surface area (Å²) in [7, 11) is 0. The minimum Gasteiger partial charge on any atom is -0.389 e. The molecule has 0 bridgehead atoms. The van der Waals surface area contributed by atoms with Crippen molar-refractivity contribution in [3.63, 3.8) is 0 Å². The molecule has 0 aliphatic carbocycles. The summed E-state index contributed by atoms with van der Waals surface area (Å²) in [6, 6.07) is 0. The van der Waals surface area contributed by atoms with E-state index in [4.69, 9.17) is 0 Å². The Labute approximate surface area is 97.5 Å². The van der Waals surface area contributed by atoms with E-state index < -0.39 is 5.60 Å². The molecule has 3 heteroatoms. The molecule has 0 saturated carbocycles. The van der Waals surface area contributed by atoms with Crippen molar-refractivity contribution in [1.82, 2.24) is 0 Å². The fourth-order valence-corrected chi connectivity index (χ4v) is 1.40. The molecule has 1 unspecified atom stereocenters. The molecule has 2 nitrogen and oxygen atoms in total. The average Bonchev–Trinajstić information content (AvgIpc) is 2.13. The number of aldehydes is 1. The largest absolute Gasteiger partial charge is 0.389 e. The van der Waals surface area contributed by atoms with Crippen LogP contribution >= 0.6 is 11.8 Å². The molecule has 88 valence electrons. The van der Waals surface area contributed by atoms with Crippen LogP contribution in [0.4, 0.5) is 0 Å². The molecule has 0 amide bonds. The summed E-state index contributed by atoms with van der Waals surface area (Å²) >= 11 is 1.39. The highest BCUT2D eigenvalue weighted by atomic mass is 32.2. The van der Waals surface area contributed by atoms with Gasteiger partial charge in [-0.15, -0.1) is 18.3 Å². The van der Waals surface area contributed by atoms with Gasteiger partial charge in [-0.25, -0.2) is 0 Å². The molecule has 0 aliphatic heterocycles. The van der Waals surface area contributed by atoms with E-state index in [0.717, 1.165) is 6.29 Å². The number of rotatable bonds is 4. The summed E-state index contributed by atoms with van der Waals surface area (Å²) in [6.45, 7) is 12.4. The van der Waals surface area contributed by atoms with Crippen molar-refractivity contribution >= 4 is 18.0 Å². The summed E-state index contributed by atoms with van der Waals surface area (Å²) in [4.78, 5) is 11.1. The zero-order chi connectivity index (χ0) is 12.5. The topological polar surface area (TPSA) is 37.3 Å². The second-order valence-electron chi connectivity index (χ2n) is 3.63. The van der Waals surface area contributed by atoms with Gasteiger partial charge in [-0.1, -0.05) is 19.1 Å². The van der Waals surface area contributed by atoms with Gasteiger partial charge < -0.3 is 5.11 Å². The van der Waals surface area contributed by atoms with Gasteiger partial charge in [0.1, 0.15) is 0 Å². The molecule has 15 heavy (non-hydrogen) atoms. The second-order valence-corrected chi connectivity index (χ2v) is 5.05. The van der Waals surface area contributed by atoms with E-state index in [-0.39, 0.29) is 5.25 Å². The quantitative estimate of drug-likeness (QED) is 0.458. The lowest BCUT2D eigenvalue weighted by molar-refractivity contribution is -0.104. The number of hydrogen-bond donors (Lipinski definition) is 1.